The molecule has 2 aliphatic rings. The molecule has 2 amide bonds. The highest BCUT2D eigenvalue weighted by atomic mass is 16.5. The fourth-order valence-electron chi connectivity index (χ4n) is 4.63. The van der Waals surface area contributed by atoms with Crippen LogP contribution in [-0.4, -0.2) is 29.9 Å². The molecule has 0 N–H and O–H groups in total. The normalized spacial score (nSPS) is 15.8. The van der Waals surface area contributed by atoms with E-state index in [2.05, 4.69) is 6.07 Å². The Labute approximate surface area is 193 Å². The first-order valence-electron chi connectivity index (χ1n) is 11.4. The quantitative estimate of drug-likeness (QED) is 0.518. The number of ether oxygens (including phenoxy) is 1. The summed E-state index contributed by atoms with van der Waals surface area (Å²) < 4.78 is 5.57. The topological polar surface area (TPSA) is 49.9 Å². The van der Waals surface area contributed by atoms with E-state index >= 15 is 0 Å². The van der Waals surface area contributed by atoms with Gasteiger partial charge in [-0.2, -0.15) is 0 Å². The van der Waals surface area contributed by atoms with Gasteiger partial charge >= 0.3 is 0 Å². The van der Waals surface area contributed by atoms with Crippen LogP contribution < -0.4 is 9.64 Å². The van der Waals surface area contributed by atoms with Crippen LogP contribution in [0.25, 0.3) is 5.57 Å². The van der Waals surface area contributed by atoms with Gasteiger partial charge in [0.2, 0.25) is 0 Å². The van der Waals surface area contributed by atoms with E-state index in [1.54, 1.807) is 0 Å². The van der Waals surface area contributed by atoms with Gasteiger partial charge in [-0.05, 0) is 54.7 Å². The molecule has 3 aromatic carbocycles. The van der Waals surface area contributed by atoms with E-state index in [4.69, 9.17) is 4.74 Å². The number of rotatable bonds is 6. The SMILES string of the molecule is CCOc1ccc(C2=C(N3CCCc4ccccc43)C(=O)N(Cc3ccccc3)C2=O)cc1. The molecule has 3 aromatic rings. The summed E-state index contributed by atoms with van der Waals surface area (Å²) in [7, 11) is 0. The summed E-state index contributed by atoms with van der Waals surface area (Å²) in [4.78, 5) is 30.9. The molecule has 2 aliphatic heterocycles. The molecule has 0 spiro atoms. The van der Waals surface area contributed by atoms with Crippen molar-refractivity contribution in [3.63, 3.8) is 0 Å². The van der Waals surface area contributed by atoms with Crippen LogP contribution in [0.15, 0.2) is 84.6 Å². The van der Waals surface area contributed by atoms with Crippen molar-refractivity contribution in [2.45, 2.75) is 26.3 Å². The summed E-state index contributed by atoms with van der Waals surface area (Å²) in [5.74, 6) is 0.236. The average Bonchev–Trinajstić information content (AvgIpc) is 3.10. The third kappa shape index (κ3) is 3.91. The van der Waals surface area contributed by atoms with Crippen LogP contribution in [0.5, 0.6) is 5.75 Å². The van der Waals surface area contributed by atoms with Gasteiger partial charge in [0.15, 0.2) is 0 Å². The number of hydrogen-bond donors (Lipinski definition) is 0. The van der Waals surface area contributed by atoms with E-state index in [-0.39, 0.29) is 18.4 Å². The first kappa shape index (κ1) is 21.0. The van der Waals surface area contributed by atoms with Crippen molar-refractivity contribution in [2.24, 2.45) is 0 Å². The van der Waals surface area contributed by atoms with Crippen molar-refractivity contribution in [3.8, 4) is 5.75 Å². The largest absolute Gasteiger partial charge is 0.494 e. The van der Waals surface area contributed by atoms with Crippen LogP contribution in [-0.2, 0) is 22.6 Å². The number of anilines is 1. The van der Waals surface area contributed by atoms with Gasteiger partial charge in [-0.25, -0.2) is 0 Å². The Balaban J connectivity index is 1.60. The molecule has 5 heteroatoms. The number of para-hydroxylation sites is 1. The lowest BCUT2D eigenvalue weighted by atomic mass is 9.98. The lowest BCUT2D eigenvalue weighted by Gasteiger charge is -2.32. The summed E-state index contributed by atoms with van der Waals surface area (Å²) in [6.45, 7) is 3.45. The molecule has 0 unspecified atom stereocenters. The van der Waals surface area contributed by atoms with E-state index in [0.29, 0.717) is 24.4 Å². The van der Waals surface area contributed by atoms with Crippen LogP contribution in [0.4, 0.5) is 5.69 Å². The maximum atomic E-state index is 13.8. The maximum absolute atomic E-state index is 13.8. The Morgan fingerprint density at radius 3 is 2.33 bits per heavy atom. The Morgan fingerprint density at radius 1 is 0.848 bits per heavy atom. The first-order valence-corrected chi connectivity index (χ1v) is 11.4. The van der Waals surface area contributed by atoms with Gasteiger partial charge in [0.05, 0.1) is 18.7 Å². The smallest absolute Gasteiger partial charge is 0.278 e. The van der Waals surface area contributed by atoms with Crippen LogP contribution in [0.1, 0.15) is 30.0 Å². The average molecular weight is 439 g/mol. The lowest BCUT2D eigenvalue weighted by molar-refractivity contribution is -0.137. The maximum Gasteiger partial charge on any atom is 0.278 e. The molecular weight excluding hydrogens is 412 g/mol. The third-order valence-corrected chi connectivity index (χ3v) is 6.16. The molecule has 166 valence electrons. The van der Waals surface area contributed by atoms with Gasteiger partial charge in [-0.15, -0.1) is 0 Å². The number of imide groups is 1. The highest BCUT2D eigenvalue weighted by Crippen LogP contribution is 2.38. The molecule has 5 nitrogen and oxygen atoms in total. The lowest BCUT2D eigenvalue weighted by Crippen LogP contribution is -2.36. The predicted octanol–water partition coefficient (Wildman–Crippen LogP) is 4.82. The minimum atomic E-state index is -0.258. The zero-order chi connectivity index (χ0) is 22.8. The van der Waals surface area contributed by atoms with Crippen molar-refractivity contribution in [3.05, 3.63) is 101 Å². The molecule has 5 rings (SSSR count). The van der Waals surface area contributed by atoms with Crippen molar-refractivity contribution in [1.82, 2.24) is 4.90 Å². The summed E-state index contributed by atoms with van der Waals surface area (Å²) in [5.41, 5.74) is 4.77. The van der Waals surface area contributed by atoms with Crippen molar-refractivity contribution >= 4 is 23.1 Å². The van der Waals surface area contributed by atoms with Gasteiger partial charge in [-0.1, -0.05) is 60.7 Å². The number of aryl methyl sites for hydroxylation is 1. The predicted molar refractivity (Wildman–Crippen MR) is 129 cm³/mol. The summed E-state index contributed by atoms with van der Waals surface area (Å²) in [6.07, 6.45) is 1.89. The zero-order valence-electron chi connectivity index (χ0n) is 18.7. The molecule has 0 fully saturated rings. The number of nitrogens with zero attached hydrogens (tertiary/aromatic N) is 2. The van der Waals surface area contributed by atoms with Gasteiger partial charge in [0.25, 0.3) is 11.8 Å². The fraction of sp³-hybridized carbons (Fsp3) is 0.214. The molecule has 0 radical (unpaired) electrons. The van der Waals surface area contributed by atoms with E-state index in [0.717, 1.165) is 35.4 Å². The van der Waals surface area contributed by atoms with E-state index < -0.39 is 0 Å². The van der Waals surface area contributed by atoms with Gasteiger partial charge in [0, 0.05) is 12.2 Å². The second kappa shape index (κ2) is 8.94. The molecule has 0 atom stereocenters. The monoisotopic (exact) mass is 438 g/mol. The Bertz CT molecular complexity index is 1220. The number of hydrogen-bond acceptors (Lipinski definition) is 4. The van der Waals surface area contributed by atoms with Crippen molar-refractivity contribution in [2.75, 3.05) is 18.1 Å². The molecule has 0 aliphatic carbocycles. The number of carbonyl (C=O) groups is 2. The van der Waals surface area contributed by atoms with E-state index in [9.17, 15) is 9.59 Å². The minimum absolute atomic E-state index is 0.246. The standard InChI is InChI=1S/C28H26N2O3/c1-2-33-23-16-14-22(15-17-23)25-26(29-18-8-12-21-11-6-7-13-24(21)29)28(32)30(27(25)31)19-20-9-4-3-5-10-20/h3-7,9-11,13-17H,2,8,12,18-19H2,1H3. The fourth-order valence-corrected chi connectivity index (χ4v) is 4.63. The molecule has 33 heavy (non-hydrogen) atoms. The third-order valence-electron chi connectivity index (χ3n) is 6.16. The Kier molecular flexibility index (Phi) is 5.69. The van der Waals surface area contributed by atoms with Gasteiger partial charge in [0.1, 0.15) is 11.4 Å². The molecule has 0 saturated heterocycles. The van der Waals surface area contributed by atoms with Crippen LogP contribution in [0.3, 0.4) is 0 Å². The molecule has 0 bridgehead atoms. The second-order valence-corrected chi connectivity index (χ2v) is 8.25. The van der Waals surface area contributed by atoms with E-state index in [1.165, 1.54) is 10.5 Å². The molecule has 0 saturated carbocycles. The highest BCUT2D eigenvalue weighted by Gasteiger charge is 2.42. The Morgan fingerprint density at radius 2 is 1.58 bits per heavy atom. The number of amides is 2. The molecular formula is C28H26N2O3. The second-order valence-electron chi connectivity index (χ2n) is 8.25. The van der Waals surface area contributed by atoms with Gasteiger partial charge in [-0.3, -0.25) is 14.5 Å². The number of benzene rings is 3. The minimum Gasteiger partial charge on any atom is -0.494 e. The van der Waals surface area contributed by atoms with Gasteiger partial charge < -0.3 is 9.64 Å². The highest BCUT2D eigenvalue weighted by molar-refractivity contribution is 6.36. The summed E-state index contributed by atoms with van der Waals surface area (Å²) >= 11 is 0. The number of carbonyl (C=O) groups excluding carboxylic acids is 2. The zero-order valence-corrected chi connectivity index (χ0v) is 18.7. The van der Waals surface area contributed by atoms with Crippen molar-refractivity contribution < 1.29 is 14.3 Å². The van der Waals surface area contributed by atoms with E-state index in [1.807, 2.05) is 84.6 Å². The number of fused-ring (bicyclic) bond motifs is 1. The summed E-state index contributed by atoms with van der Waals surface area (Å²) in [6, 6.07) is 25.2. The summed E-state index contributed by atoms with van der Waals surface area (Å²) in [5, 5.41) is 0. The van der Waals surface area contributed by atoms with Crippen LogP contribution in [0.2, 0.25) is 0 Å². The van der Waals surface area contributed by atoms with Crippen LogP contribution in [0, 0.1) is 0 Å². The molecule has 2 heterocycles. The first-order chi connectivity index (χ1) is 16.2. The molecule has 0 aromatic heterocycles. The Hall–Kier alpha value is -3.86. The van der Waals surface area contributed by atoms with Crippen LogP contribution >= 0.6 is 0 Å². The van der Waals surface area contributed by atoms with Crippen molar-refractivity contribution in [1.29, 1.82) is 0 Å².